The number of para-hydroxylation sites is 7. The zero-order valence-electron chi connectivity index (χ0n) is 34.7. The third-order valence-electron chi connectivity index (χ3n) is 13.5. The van der Waals surface area contributed by atoms with Crippen LogP contribution in [0.2, 0.25) is 0 Å². The second kappa shape index (κ2) is 13.4. The van der Waals surface area contributed by atoms with Gasteiger partial charge in [0.1, 0.15) is 0 Å². The molecule has 4 aromatic heterocycles. The van der Waals surface area contributed by atoms with Crippen molar-refractivity contribution < 1.29 is 0 Å². The van der Waals surface area contributed by atoms with Gasteiger partial charge in [-0.15, -0.1) is 0 Å². The Labute approximate surface area is 368 Å². The number of benzene rings is 10. The van der Waals surface area contributed by atoms with Crippen molar-refractivity contribution in [3.05, 3.63) is 231 Å². The smallest absolute Gasteiger partial charge is 0.0789 e. The average molecular weight is 815 g/mol. The Morgan fingerprint density at radius 2 is 0.547 bits per heavy atom. The highest BCUT2D eigenvalue weighted by Gasteiger charge is 2.25. The highest BCUT2D eigenvalue weighted by molar-refractivity contribution is 6.27. The summed E-state index contributed by atoms with van der Waals surface area (Å²) in [6.45, 7) is 0. The largest absolute Gasteiger partial charge is 0.307 e. The fourth-order valence-corrected chi connectivity index (χ4v) is 10.9. The average Bonchev–Trinajstić information content (AvgIpc) is 4.10. The molecule has 0 aliphatic heterocycles. The molecule has 0 spiro atoms. The van der Waals surface area contributed by atoms with E-state index in [1.807, 2.05) is 0 Å². The van der Waals surface area contributed by atoms with E-state index in [-0.39, 0.29) is 0 Å². The second-order valence-corrected chi connectivity index (χ2v) is 16.9. The van der Waals surface area contributed by atoms with Crippen molar-refractivity contribution in [1.82, 2.24) is 18.3 Å². The molecule has 0 aliphatic rings. The summed E-state index contributed by atoms with van der Waals surface area (Å²) >= 11 is 0. The molecule has 4 nitrogen and oxygen atoms in total. The van der Waals surface area contributed by atoms with E-state index >= 15 is 0 Å². The van der Waals surface area contributed by atoms with Gasteiger partial charge in [-0.05, 0) is 78.4 Å². The monoisotopic (exact) mass is 814 g/mol. The van der Waals surface area contributed by atoms with Gasteiger partial charge in [-0.1, -0.05) is 158 Å². The third kappa shape index (κ3) is 4.82. The van der Waals surface area contributed by atoms with Crippen molar-refractivity contribution in [2.24, 2.45) is 0 Å². The molecule has 0 saturated heterocycles. The molecule has 14 aromatic rings. The number of rotatable bonds is 5. The minimum absolute atomic E-state index is 1.13. The van der Waals surface area contributed by atoms with Crippen molar-refractivity contribution >= 4 is 87.2 Å². The molecule has 10 aromatic carbocycles. The number of nitrogens with zero attached hydrogens (tertiary/aromatic N) is 4. The number of hydrogen-bond donors (Lipinski definition) is 0. The summed E-state index contributed by atoms with van der Waals surface area (Å²) in [5.74, 6) is 0. The molecule has 0 aliphatic carbocycles. The molecule has 14 rings (SSSR count). The molecule has 298 valence electrons. The Hall–Kier alpha value is -8.60. The maximum Gasteiger partial charge on any atom is 0.0789 e. The van der Waals surface area contributed by atoms with E-state index in [0.717, 1.165) is 22.7 Å². The summed E-state index contributed by atoms with van der Waals surface area (Å²) in [6.07, 6.45) is 0. The van der Waals surface area contributed by atoms with E-state index in [1.165, 1.54) is 98.4 Å². The summed E-state index contributed by atoms with van der Waals surface area (Å²) in [7, 11) is 0. The Kier molecular flexibility index (Phi) is 7.36. The molecule has 0 fully saturated rings. The minimum Gasteiger partial charge on any atom is -0.307 e. The number of aromatic nitrogens is 4. The first kappa shape index (κ1) is 35.0. The fourth-order valence-electron chi connectivity index (χ4n) is 10.9. The van der Waals surface area contributed by atoms with E-state index in [4.69, 9.17) is 0 Å². The van der Waals surface area contributed by atoms with Gasteiger partial charge in [0.25, 0.3) is 0 Å². The van der Waals surface area contributed by atoms with Gasteiger partial charge in [-0.3, -0.25) is 0 Å². The normalized spacial score (nSPS) is 12.1. The predicted octanol–water partition coefficient (Wildman–Crippen LogP) is 15.7. The van der Waals surface area contributed by atoms with Gasteiger partial charge in [0.2, 0.25) is 0 Å². The van der Waals surface area contributed by atoms with E-state index in [1.54, 1.807) is 0 Å². The summed E-state index contributed by atoms with van der Waals surface area (Å²) in [5, 5.41) is 9.86. The van der Waals surface area contributed by atoms with E-state index < -0.39 is 0 Å². The van der Waals surface area contributed by atoms with Gasteiger partial charge >= 0.3 is 0 Å². The fraction of sp³-hybridized carbons (Fsp3) is 0. The van der Waals surface area contributed by atoms with Crippen molar-refractivity contribution in [2.45, 2.75) is 0 Å². The lowest BCUT2D eigenvalue weighted by atomic mass is 9.99. The molecule has 0 bridgehead atoms. The minimum atomic E-state index is 1.13. The Morgan fingerprint density at radius 1 is 0.203 bits per heavy atom. The lowest BCUT2D eigenvalue weighted by molar-refractivity contribution is 1.15. The Morgan fingerprint density at radius 3 is 1.03 bits per heavy atom. The summed E-state index contributed by atoms with van der Waals surface area (Å²) in [5.41, 5.74) is 16.5. The van der Waals surface area contributed by atoms with E-state index in [0.29, 0.717) is 0 Å². The molecule has 0 N–H and O–H groups in total. The summed E-state index contributed by atoms with van der Waals surface area (Å²) in [6, 6.07) is 84.4. The van der Waals surface area contributed by atoms with Gasteiger partial charge in [-0.25, -0.2) is 0 Å². The molecular formula is C60H38N4. The van der Waals surface area contributed by atoms with Crippen LogP contribution < -0.4 is 0 Å². The van der Waals surface area contributed by atoms with Crippen LogP contribution in [0, 0.1) is 0 Å². The van der Waals surface area contributed by atoms with Crippen molar-refractivity contribution in [3.8, 4) is 33.9 Å². The topological polar surface area (TPSA) is 19.7 Å². The maximum absolute atomic E-state index is 2.53. The number of fused-ring (bicyclic) bond motifs is 14. The Balaban J connectivity index is 1.12. The van der Waals surface area contributed by atoms with Crippen LogP contribution in [0.25, 0.3) is 121 Å². The molecule has 0 saturated carbocycles. The zero-order valence-corrected chi connectivity index (χ0v) is 34.7. The Bertz CT molecular complexity index is 4150. The molecule has 0 radical (unpaired) electrons. The van der Waals surface area contributed by atoms with Crippen LogP contribution in [0.4, 0.5) is 0 Å². The van der Waals surface area contributed by atoms with Crippen LogP contribution in [-0.2, 0) is 0 Å². The molecule has 64 heavy (non-hydrogen) atoms. The van der Waals surface area contributed by atoms with Crippen LogP contribution in [-0.4, -0.2) is 18.3 Å². The first-order valence-electron chi connectivity index (χ1n) is 22.0. The zero-order chi connectivity index (χ0) is 41.9. The molecule has 0 atom stereocenters. The summed E-state index contributed by atoms with van der Waals surface area (Å²) < 4.78 is 9.93. The van der Waals surface area contributed by atoms with Crippen molar-refractivity contribution in [1.29, 1.82) is 0 Å². The first-order valence-corrected chi connectivity index (χ1v) is 22.0. The third-order valence-corrected chi connectivity index (χ3v) is 13.5. The van der Waals surface area contributed by atoms with Crippen molar-refractivity contribution in [2.75, 3.05) is 0 Å². The highest BCUT2D eigenvalue weighted by atomic mass is 15.1. The van der Waals surface area contributed by atoms with Crippen LogP contribution in [0.5, 0.6) is 0 Å². The highest BCUT2D eigenvalue weighted by Crippen LogP contribution is 2.46. The molecular weight excluding hydrogens is 777 g/mol. The SMILES string of the molecule is c1ccc(-n2c3ccccc3c3ccc4c5cc(-c6cccc7c8ccc9c%10ccccc%10n(-c%10ccccc%10)c9c8n(-c8ccccc8)c67)ccc5n(-c5ccccc5)c4c32)cc1. The van der Waals surface area contributed by atoms with Crippen LogP contribution in [0.1, 0.15) is 0 Å². The van der Waals surface area contributed by atoms with Crippen LogP contribution >= 0.6 is 0 Å². The van der Waals surface area contributed by atoms with E-state index in [2.05, 4.69) is 249 Å². The van der Waals surface area contributed by atoms with Crippen LogP contribution in [0.15, 0.2) is 231 Å². The van der Waals surface area contributed by atoms with Gasteiger partial charge < -0.3 is 18.3 Å². The van der Waals surface area contributed by atoms with E-state index in [9.17, 15) is 0 Å². The summed E-state index contributed by atoms with van der Waals surface area (Å²) in [4.78, 5) is 0. The van der Waals surface area contributed by atoms with Gasteiger partial charge in [0.15, 0.2) is 0 Å². The van der Waals surface area contributed by atoms with Crippen molar-refractivity contribution in [3.63, 3.8) is 0 Å². The molecule has 4 heteroatoms. The molecule has 4 heterocycles. The quantitative estimate of drug-likeness (QED) is 0.165. The second-order valence-electron chi connectivity index (χ2n) is 16.9. The first-order chi connectivity index (χ1) is 31.8. The van der Waals surface area contributed by atoms with Gasteiger partial charge in [0, 0.05) is 71.4 Å². The standard InChI is InChI=1S/C60H38N4/c1-5-18-40(19-6-1)61-53-30-15-13-26-45(53)48-34-36-51-52-38-39(32-37-55(52)63(59(51)57(48)61)42-22-9-3-10-23-42)44-28-17-29-47-50-35-33-49-46-27-14-16-31-54(46)62(41-20-7-2-8-21-41)58(49)60(50)64(56(44)47)43-24-11-4-12-25-43/h1-38H. The predicted molar refractivity (Wildman–Crippen MR) is 269 cm³/mol. The van der Waals surface area contributed by atoms with Gasteiger partial charge in [0.05, 0.1) is 44.1 Å². The lowest BCUT2D eigenvalue weighted by Gasteiger charge is -2.14. The number of hydrogen-bond acceptors (Lipinski definition) is 0. The maximum atomic E-state index is 2.53. The molecule has 0 amide bonds. The van der Waals surface area contributed by atoms with Gasteiger partial charge in [-0.2, -0.15) is 0 Å². The lowest BCUT2D eigenvalue weighted by Crippen LogP contribution is -1.99. The molecule has 0 unspecified atom stereocenters. The van der Waals surface area contributed by atoms with Crippen LogP contribution in [0.3, 0.4) is 0 Å².